The standard InChI is InChI=1S/C37H58N2O4/c1-4-6-8-10-12-14-24-39(25-15-13-11-9-7-5-2)28-35-26-36(33-20-18-32(29-40)19-21-33)43-37(42-35)34-22-16-31(17-23-34)27-38-30(3)41/h16-23,35-37,40H,4-15,24-29H2,1-3H3,(H,38,41)/t35-,36+,37+/m1/s1. The fraction of sp³-hybridized carbons (Fsp3) is 0.649. The fourth-order valence-corrected chi connectivity index (χ4v) is 5.87. The lowest BCUT2D eigenvalue weighted by atomic mass is 9.99. The molecule has 43 heavy (non-hydrogen) atoms. The second-order valence-corrected chi connectivity index (χ2v) is 12.3. The van der Waals surface area contributed by atoms with Crippen LogP contribution < -0.4 is 5.32 Å². The van der Waals surface area contributed by atoms with Crippen LogP contribution in [0.25, 0.3) is 0 Å². The summed E-state index contributed by atoms with van der Waals surface area (Å²) >= 11 is 0. The van der Waals surface area contributed by atoms with E-state index in [0.29, 0.717) is 6.54 Å². The minimum absolute atomic E-state index is 0.0348. The first-order chi connectivity index (χ1) is 21.0. The first-order valence-corrected chi connectivity index (χ1v) is 17.1. The first kappa shape index (κ1) is 35.2. The predicted octanol–water partition coefficient (Wildman–Crippen LogP) is 8.38. The maximum atomic E-state index is 11.3. The number of ether oxygens (including phenoxy) is 2. The molecule has 0 saturated carbocycles. The van der Waals surface area contributed by atoms with Gasteiger partial charge in [-0.3, -0.25) is 4.79 Å². The third kappa shape index (κ3) is 13.5. The molecule has 0 aromatic heterocycles. The van der Waals surface area contributed by atoms with Crippen molar-refractivity contribution in [2.75, 3.05) is 19.6 Å². The zero-order valence-corrected chi connectivity index (χ0v) is 27.2. The van der Waals surface area contributed by atoms with Crippen molar-refractivity contribution in [1.82, 2.24) is 10.2 Å². The number of nitrogens with zero attached hydrogens (tertiary/aromatic N) is 1. The molecule has 2 N–H and O–H groups in total. The molecule has 6 nitrogen and oxygen atoms in total. The number of unbranched alkanes of at least 4 members (excludes halogenated alkanes) is 10. The Labute approximate surface area is 261 Å². The van der Waals surface area contributed by atoms with Gasteiger partial charge in [0.2, 0.25) is 5.91 Å². The van der Waals surface area contributed by atoms with Gasteiger partial charge in [0.1, 0.15) is 0 Å². The summed E-state index contributed by atoms with van der Waals surface area (Å²) in [4.78, 5) is 14.0. The Balaban J connectivity index is 1.70. The summed E-state index contributed by atoms with van der Waals surface area (Å²) in [6, 6.07) is 16.3. The van der Waals surface area contributed by atoms with E-state index in [1.165, 1.54) is 84.0 Å². The zero-order chi connectivity index (χ0) is 30.7. The molecule has 0 spiro atoms. The van der Waals surface area contributed by atoms with Crippen molar-refractivity contribution in [3.63, 3.8) is 0 Å². The Morgan fingerprint density at radius 2 is 1.30 bits per heavy atom. The summed E-state index contributed by atoms with van der Waals surface area (Å²) in [5.41, 5.74) is 4.07. The van der Waals surface area contributed by atoms with Crippen molar-refractivity contribution in [2.45, 2.75) is 136 Å². The molecule has 3 rings (SSSR count). The molecule has 1 aliphatic rings. The lowest BCUT2D eigenvalue weighted by molar-refractivity contribution is -0.253. The van der Waals surface area contributed by atoms with Crippen LogP contribution in [0.15, 0.2) is 48.5 Å². The number of rotatable bonds is 21. The Kier molecular flexibility index (Phi) is 16.9. The van der Waals surface area contributed by atoms with Gasteiger partial charge in [0.15, 0.2) is 6.29 Å². The van der Waals surface area contributed by atoms with E-state index >= 15 is 0 Å². The third-order valence-corrected chi connectivity index (χ3v) is 8.53. The monoisotopic (exact) mass is 594 g/mol. The van der Waals surface area contributed by atoms with Crippen LogP contribution in [0.5, 0.6) is 0 Å². The zero-order valence-electron chi connectivity index (χ0n) is 27.2. The van der Waals surface area contributed by atoms with Crippen molar-refractivity contribution in [3.8, 4) is 0 Å². The summed E-state index contributed by atoms with van der Waals surface area (Å²) in [5, 5.41) is 12.4. The molecule has 1 aliphatic heterocycles. The van der Waals surface area contributed by atoms with Gasteiger partial charge in [-0.25, -0.2) is 0 Å². The molecule has 0 bridgehead atoms. The molecule has 2 aromatic rings. The van der Waals surface area contributed by atoms with Gasteiger partial charge in [-0.15, -0.1) is 0 Å². The van der Waals surface area contributed by atoms with Crippen molar-refractivity contribution in [3.05, 3.63) is 70.8 Å². The van der Waals surface area contributed by atoms with Gasteiger partial charge in [0.05, 0.1) is 18.8 Å². The van der Waals surface area contributed by atoms with Gasteiger partial charge in [-0.1, -0.05) is 127 Å². The molecule has 3 atom stereocenters. The normalized spacial score (nSPS) is 18.7. The average Bonchev–Trinajstić information content (AvgIpc) is 3.03. The number of carbonyl (C=O) groups is 1. The molecular formula is C37H58N2O4. The van der Waals surface area contributed by atoms with E-state index in [0.717, 1.165) is 48.3 Å². The minimum atomic E-state index is -0.457. The molecule has 1 heterocycles. The summed E-state index contributed by atoms with van der Waals surface area (Å²) < 4.78 is 13.3. The Morgan fingerprint density at radius 1 is 0.767 bits per heavy atom. The van der Waals surface area contributed by atoms with Crippen LogP contribution >= 0.6 is 0 Å². The smallest absolute Gasteiger partial charge is 0.217 e. The number of carbonyl (C=O) groups excluding carboxylic acids is 1. The van der Waals surface area contributed by atoms with Crippen molar-refractivity contribution >= 4 is 5.91 Å². The SMILES string of the molecule is CCCCCCCCN(CCCCCCCC)C[C@H]1C[C@@H](c2ccc(CO)cc2)O[C@@H](c2ccc(CNC(C)=O)cc2)O1. The Morgan fingerprint density at radius 3 is 1.86 bits per heavy atom. The highest BCUT2D eigenvalue weighted by Gasteiger charge is 2.33. The van der Waals surface area contributed by atoms with E-state index in [2.05, 4.69) is 48.3 Å². The highest BCUT2D eigenvalue weighted by molar-refractivity contribution is 5.72. The van der Waals surface area contributed by atoms with Gasteiger partial charge in [0, 0.05) is 32.0 Å². The van der Waals surface area contributed by atoms with Crippen LogP contribution in [0.2, 0.25) is 0 Å². The lowest BCUT2D eigenvalue weighted by Crippen LogP contribution is -2.40. The van der Waals surface area contributed by atoms with Crippen LogP contribution in [0.1, 0.15) is 139 Å². The van der Waals surface area contributed by atoms with Gasteiger partial charge in [0.25, 0.3) is 0 Å². The minimum Gasteiger partial charge on any atom is -0.392 e. The van der Waals surface area contributed by atoms with Gasteiger partial charge < -0.3 is 24.8 Å². The molecule has 1 fully saturated rings. The predicted molar refractivity (Wildman–Crippen MR) is 176 cm³/mol. The van der Waals surface area contributed by atoms with Gasteiger partial charge >= 0.3 is 0 Å². The number of hydrogen-bond donors (Lipinski definition) is 2. The maximum Gasteiger partial charge on any atom is 0.217 e. The Bertz CT molecular complexity index is 994. The maximum absolute atomic E-state index is 11.3. The number of nitrogens with one attached hydrogen (secondary N) is 1. The number of aliphatic hydroxyl groups excluding tert-OH is 1. The van der Waals surface area contributed by atoms with E-state index in [-0.39, 0.29) is 24.7 Å². The number of benzene rings is 2. The molecule has 1 amide bonds. The number of amides is 1. The number of aliphatic hydroxyl groups is 1. The first-order valence-electron chi connectivity index (χ1n) is 17.1. The molecule has 1 saturated heterocycles. The molecule has 6 heteroatoms. The largest absolute Gasteiger partial charge is 0.392 e. The summed E-state index contributed by atoms with van der Waals surface area (Å²) in [5.74, 6) is -0.0348. The second kappa shape index (κ2) is 20.7. The van der Waals surface area contributed by atoms with Crippen molar-refractivity contribution in [1.29, 1.82) is 0 Å². The van der Waals surface area contributed by atoms with Crippen molar-refractivity contribution < 1.29 is 19.4 Å². The molecule has 0 radical (unpaired) electrons. The Hall–Kier alpha value is -2.25. The van der Waals surface area contributed by atoms with E-state index < -0.39 is 6.29 Å². The topological polar surface area (TPSA) is 71.0 Å². The van der Waals surface area contributed by atoms with E-state index in [4.69, 9.17) is 9.47 Å². The van der Waals surface area contributed by atoms with Crippen LogP contribution in [0.4, 0.5) is 0 Å². The second-order valence-electron chi connectivity index (χ2n) is 12.3. The van der Waals surface area contributed by atoms with Crippen LogP contribution in [0.3, 0.4) is 0 Å². The van der Waals surface area contributed by atoms with Crippen LogP contribution in [-0.4, -0.2) is 41.7 Å². The van der Waals surface area contributed by atoms with Gasteiger partial charge in [-0.05, 0) is 42.6 Å². The molecule has 2 aromatic carbocycles. The summed E-state index contributed by atoms with van der Waals surface area (Å²) in [7, 11) is 0. The number of hydrogen-bond acceptors (Lipinski definition) is 5. The van der Waals surface area contributed by atoms with Crippen LogP contribution in [0, 0.1) is 0 Å². The van der Waals surface area contributed by atoms with Crippen LogP contribution in [-0.2, 0) is 27.4 Å². The lowest BCUT2D eigenvalue weighted by Gasteiger charge is -2.38. The van der Waals surface area contributed by atoms with E-state index in [9.17, 15) is 9.90 Å². The highest BCUT2D eigenvalue weighted by atomic mass is 16.7. The summed E-state index contributed by atoms with van der Waals surface area (Å²) in [6.07, 6.45) is 16.0. The molecular weight excluding hydrogens is 536 g/mol. The fourth-order valence-electron chi connectivity index (χ4n) is 5.87. The molecule has 0 unspecified atom stereocenters. The quantitative estimate of drug-likeness (QED) is 0.142. The summed E-state index contributed by atoms with van der Waals surface area (Å²) in [6.45, 7) is 9.80. The van der Waals surface area contributed by atoms with E-state index in [1.54, 1.807) is 0 Å². The molecule has 240 valence electrons. The highest BCUT2D eigenvalue weighted by Crippen LogP contribution is 2.38. The van der Waals surface area contributed by atoms with E-state index in [1.807, 2.05) is 24.3 Å². The average molecular weight is 595 g/mol. The van der Waals surface area contributed by atoms with Gasteiger partial charge in [-0.2, -0.15) is 0 Å². The molecule has 0 aliphatic carbocycles. The van der Waals surface area contributed by atoms with Crippen molar-refractivity contribution in [2.24, 2.45) is 0 Å². The third-order valence-electron chi connectivity index (χ3n) is 8.53.